The summed E-state index contributed by atoms with van der Waals surface area (Å²) in [5.74, 6) is 1.82. The molecule has 2 atom stereocenters. The SMILES string of the molecule is CCC1CCCCC1(CN)N(CC)CC1CC1. The Hall–Kier alpha value is -0.0800. The predicted molar refractivity (Wildman–Crippen MR) is 74.0 cm³/mol. The molecule has 0 heterocycles. The lowest BCUT2D eigenvalue weighted by molar-refractivity contribution is 0.00430. The molecule has 0 radical (unpaired) electrons. The van der Waals surface area contributed by atoms with Gasteiger partial charge in [-0.25, -0.2) is 0 Å². The zero-order valence-corrected chi connectivity index (χ0v) is 11.8. The van der Waals surface area contributed by atoms with Crippen molar-refractivity contribution in [3.63, 3.8) is 0 Å². The van der Waals surface area contributed by atoms with Crippen molar-refractivity contribution in [2.75, 3.05) is 19.6 Å². The van der Waals surface area contributed by atoms with Crippen molar-refractivity contribution in [2.45, 2.75) is 64.3 Å². The average molecular weight is 238 g/mol. The van der Waals surface area contributed by atoms with Gasteiger partial charge in [-0.05, 0) is 44.1 Å². The second kappa shape index (κ2) is 5.71. The molecule has 0 bridgehead atoms. The maximum atomic E-state index is 6.24. The number of hydrogen-bond donors (Lipinski definition) is 1. The summed E-state index contributed by atoms with van der Waals surface area (Å²) < 4.78 is 0. The molecule has 2 aliphatic rings. The molecule has 2 rings (SSSR count). The van der Waals surface area contributed by atoms with E-state index in [4.69, 9.17) is 5.73 Å². The highest BCUT2D eigenvalue weighted by atomic mass is 15.2. The molecular formula is C15H30N2. The molecule has 0 saturated heterocycles. The van der Waals surface area contributed by atoms with Crippen molar-refractivity contribution in [2.24, 2.45) is 17.6 Å². The van der Waals surface area contributed by atoms with E-state index in [0.29, 0.717) is 5.54 Å². The van der Waals surface area contributed by atoms with E-state index in [1.54, 1.807) is 0 Å². The third-order valence-electron chi connectivity index (χ3n) is 5.21. The Balaban J connectivity index is 2.12. The summed E-state index contributed by atoms with van der Waals surface area (Å²) in [6, 6.07) is 0. The van der Waals surface area contributed by atoms with Crippen LogP contribution in [0.15, 0.2) is 0 Å². The molecule has 2 fully saturated rings. The van der Waals surface area contributed by atoms with Gasteiger partial charge in [0.25, 0.3) is 0 Å². The van der Waals surface area contributed by atoms with Crippen molar-refractivity contribution in [1.29, 1.82) is 0 Å². The lowest BCUT2D eigenvalue weighted by Crippen LogP contribution is -2.60. The first-order valence-electron chi connectivity index (χ1n) is 7.72. The fourth-order valence-electron chi connectivity index (χ4n) is 3.93. The first-order valence-corrected chi connectivity index (χ1v) is 7.72. The minimum Gasteiger partial charge on any atom is -0.329 e. The van der Waals surface area contributed by atoms with Gasteiger partial charge in [0.15, 0.2) is 0 Å². The normalized spacial score (nSPS) is 34.2. The topological polar surface area (TPSA) is 29.3 Å². The molecule has 0 aromatic carbocycles. The molecule has 2 nitrogen and oxygen atoms in total. The van der Waals surface area contributed by atoms with Crippen molar-refractivity contribution < 1.29 is 0 Å². The second-order valence-corrected chi connectivity index (χ2v) is 6.14. The minimum atomic E-state index is 0.338. The van der Waals surface area contributed by atoms with E-state index in [0.717, 1.165) is 18.4 Å². The van der Waals surface area contributed by atoms with E-state index >= 15 is 0 Å². The quantitative estimate of drug-likeness (QED) is 0.771. The molecule has 0 aromatic rings. The fraction of sp³-hybridized carbons (Fsp3) is 1.00. The van der Waals surface area contributed by atoms with Gasteiger partial charge >= 0.3 is 0 Å². The van der Waals surface area contributed by atoms with Crippen LogP contribution in [0.2, 0.25) is 0 Å². The van der Waals surface area contributed by atoms with Gasteiger partial charge in [-0.1, -0.05) is 33.1 Å². The highest BCUT2D eigenvalue weighted by Crippen LogP contribution is 2.42. The minimum absolute atomic E-state index is 0.338. The molecule has 0 aromatic heterocycles. The Bertz CT molecular complexity index is 237. The smallest absolute Gasteiger partial charge is 0.0359 e. The summed E-state index contributed by atoms with van der Waals surface area (Å²) >= 11 is 0. The monoisotopic (exact) mass is 238 g/mol. The maximum absolute atomic E-state index is 6.24. The second-order valence-electron chi connectivity index (χ2n) is 6.14. The van der Waals surface area contributed by atoms with Crippen LogP contribution in [0.3, 0.4) is 0 Å². The number of nitrogens with two attached hydrogens (primary N) is 1. The van der Waals surface area contributed by atoms with Crippen molar-refractivity contribution >= 4 is 0 Å². The summed E-state index contributed by atoms with van der Waals surface area (Å²) in [7, 11) is 0. The van der Waals surface area contributed by atoms with E-state index in [1.165, 1.54) is 58.0 Å². The van der Waals surface area contributed by atoms with Gasteiger partial charge in [-0.3, -0.25) is 4.90 Å². The molecule has 17 heavy (non-hydrogen) atoms. The zero-order chi connectivity index (χ0) is 12.3. The van der Waals surface area contributed by atoms with E-state index in [1.807, 2.05) is 0 Å². The van der Waals surface area contributed by atoms with Gasteiger partial charge in [-0.15, -0.1) is 0 Å². The number of nitrogens with zero attached hydrogens (tertiary/aromatic N) is 1. The molecule has 2 unspecified atom stereocenters. The lowest BCUT2D eigenvalue weighted by Gasteiger charge is -2.51. The van der Waals surface area contributed by atoms with Crippen molar-refractivity contribution in [1.82, 2.24) is 4.90 Å². The Labute approximate surface area is 107 Å². The van der Waals surface area contributed by atoms with Gasteiger partial charge in [0, 0.05) is 18.6 Å². The Morgan fingerprint density at radius 2 is 1.94 bits per heavy atom. The maximum Gasteiger partial charge on any atom is 0.0359 e. The molecule has 2 saturated carbocycles. The van der Waals surface area contributed by atoms with Crippen LogP contribution >= 0.6 is 0 Å². The Kier molecular flexibility index (Phi) is 4.48. The molecule has 2 aliphatic carbocycles. The average Bonchev–Trinajstić information content (AvgIpc) is 3.19. The van der Waals surface area contributed by atoms with Crippen LogP contribution in [0.4, 0.5) is 0 Å². The van der Waals surface area contributed by atoms with Gasteiger partial charge in [0.05, 0.1) is 0 Å². The van der Waals surface area contributed by atoms with Crippen LogP contribution in [-0.2, 0) is 0 Å². The van der Waals surface area contributed by atoms with Gasteiger partial charge in [0.1, 0.15) is 0 Å². The molecule has 2 heteroatoms. The van der Waals surface area contributed by atoms with E-state index in [2.05, 4.69) is 18.7 Å². The third-order valence-corrected chi connectivity index (χ3v) is 5.21. The summed E-state index contributed by atoms with van der Waals surface area (Å²) in [5.41, 5.74) is 6.57. The van der Waals surface area contributed by atoms with E-state index in [-0.39, 0.29) is 0 Å². The zero-order valence-electron chi connectivity index (χ0n) is 11.8. The summed E-state index contributed by atoms with van der Waals surface area (Å²) in [5, 5.41) is 0. The molecule has 0 aliphatic heterocycles. The predicted octanol–water partition coefficient (Wildman–Crippen LogP) is 3.02. The van der Waals surface area contributed by atoms with Crippen LogP contribution < -0.4 is 5.73 Å². The largest absolute Gasteiger partial charge is 0.329 e. The number of rotatable bonds is 6. The number of hydrogen-bond acceptors (Lipinski definition) is 2. The number of likely N-dealkylation sites (N-methyl/N-ethyl adjacent to an activating group) is 1. The lowest BCUT2D eigenvalue weighted by atomic mass is 9.70. The highest BCUT2D eigenvalue weighted by Gasteiger charge is 2.44. The van der Waals surface area contributed by atoms with Crippen LogP contribution in [0.1, 0.15) is 58.8 Å². The third kappa shape index (κ3) is 2.68. The fourth-order valence-corrected chi connectivity index (χ4v) is 3.93. The molecule has 2 N–H and O–H groups in total. The first-order chi connectivity index (χ1) is 8.26. The van der Waals surface area contributed by atoms with Crippen LogP contribution in [0, 0.1) is 11.8 Å². The van der Waals surface area contributed by atoms with Crippen LogP contribution in [0.25, 0.3) is 0 Å². The van der Waals surface area contributed by atoms with Crippen molar-refractivity contribution in [3.8, 4) is 0 Å². The van der Waals surface area contributed by atoms with Gasteiger partial charge in [-0.2, -0.15) is 0 Å². The standard InChI is InChI=1S/C15H30N2/c1-3-14-7-5-6-10-15(14,12-16)17(4-2)11-13-8-9-13/h13-14H,3-12,16H2,1-2H3. The summed E-state index contributed by atoms with van der Waals surface area (Å²) in [4.78, 5) is 2.75. The molecule has 100 valence electrons. The van der Waals surface area contributed by atoms with Gasteiger partial charge < -0.3 is 5.73 Å². The molecule has 0 spiro atoms. The molecular weight excluding hydrogens is 208 g/mol. The Morgan fingerprint density at radius 3 is 2.47 bits per heavy atom. The van der Waals surface area contributed by atoms with Crippen LogP contribution in [-0.4, -0.2) is 30.1 Å². The summed E-state index contributed by atoms with van der Waals surface area (Å²) in [6.07, 6.45) is 9.74. The summed E-state index contributed by atoms with van der Waals surface area (Å²) in [6.45, 7) is 8.03. The molecule has 0 amide bonds. The Morgan fingerprint density at radius 1 is 1.18 bits per heavy atom. The van der Waals surface area contributed by atoms with E-state index < -0.39 is 0 Å². The first kappa shape index (κ1) is 13.4. The van der Waals surface area contributed by atoms with E-state index in [9.17, 15) is 0 Å². The highest BCUT2D eigenvalue weighted by molar-refractivity contribution is 5.00. The van der Waals surface area contributed by atoms with Crippen molar-refractivity contribution in [3.05, 3.63) is 0 Å². The van der Waals surface area contributed by atoms with Gasteiger partial charge in [0.2, 0.25) is 0 Å². The van der Waals surface area contributed by atoms with Crippen LogP contribution in [0.5, 0.6) is 0 Å².